The fourth-order valence-electron chi connectivity index (χ4n) is 3.66. The molecule has 5 nitrogen and oxygen atoms in total. The maximum Gasteiger partial charge on any atom is 0.185 e. The molecule has 0 amide bonds. The molecule has 32 heavy (non-hydrogen) atoms. The van der Waals surface area contributed by atoms with Gasteiger partial charge in [0.1, 0.15) is 31.3 Å². The largest absolute Gasteiger partial charge is 0.496 e. The number of hydrogen-bond donors (Lipinski definition) is 0. The standard InChI is InChI=1S/C27H26O5/c1-18-5-4-6-19(2)27(18)32-17-22-15-20(8-11-24(22)29-3)7-10-23(28)21-9-12-25-26(16-21)31-14-13-30-25/h4-12,15-16H,13-14,17H2,1-3H3/b10-7+. The molecule has 1 heterocycles. The minimum absolute atomic E-state index is 0.105. The molecule has 3 aromatic carbocycles. The van der Waals surface area contributed by atoms with Crippen LogP contribution in [0.25, 0.3) is 6.08 Å². The zero-order chi connectivity index (χ0) is 22.5. The van der Waals surface area contributed by atoms with Gasteiger partial charge in [-0.2, -0.15) is 0 Å². The molecule has 0 saturated carbocycles. The minimum Gasteiger partial charge on any atom is -0.496 e. The Morgan fingerprint density at radius 1 is 0.969 bits per heavy atom. The van der Waals surface area contributed by atoms with Crippen LogP contribution in [0.3, 0.4) is 0 Å². The number of fused-ring (bicyclic) bond motifs is 1. The van der Waals surface area contributed by atoms with Crippen molar-refractivity contribution in [2.24, 2.45) is 0 Å². The molecule has 1 aliphatic heterocycles. The molecule has 5 heteroatoms. The number of benzene rings is 3. The number of hydrogen-bond acceptors (Lipinski definition) is 5. The molecule has 4 rings (SSSR count). The summed E-state index contributed by atoms with van der Waals surface area (Å²) in [6, 6.07) is 17.1. The average Bonchev–Trinajstić information content (AvgIpc) is 2.82. The van der Waals surface area contributed by atoms with Gasteiger partial charge in [0.25, 0.3) is 0 Å². The molecular weight excluding hydrogens is 404 g/mol. The minimum atomic E-state index is -0.105. The second-order valence-corrected chi connectivity index (χ2v) is 7.64. The van der Waals surface area contributed by atoms with Gasteiger partial charge in [-0.15, -0.1) is 0 Å². The van der Waals surface area contributed by atoms with Gasteiger partial charge in [0, 0.05) is 11.1 Å². The fourth-order valence-corrected chi connectivity index (χ4v) is 3.66. The summed E-state index contributed by atoms with van der Waals surface area (Å²) in [4.78, 5) is 12.7. The van der Waals surface area contributed by atoms with E-state index in [1.807, 2.05) is 50.2 Å². The number of rotatable bonds is 7. The van der Waals surface area contributed by atoms with Gasteiger partial charge < -0.3 is 18.9 Å². The van der Waals surface area contributed by atoms with Crippen molar-refractivity contribution in [3.63, 3.8) is 0 Å². The lowest BCUT2D eigenvalue weighted by molar-refractivity contribution is 0.104. The van der Waals surface area contributed by atoms with Crippen LogP contribution in [0.5, 0.6) is 23.0 Å². The molecule has 0 saturated heterocycles. The van der Waals surface area contributed by atoms with Crippen LogP contribution in [0.2, 0.25) is 0 Å². The molecule has 164 valence electrons. The van der Waals surface area contributed by atoms with Gasteiger partial charge >= 0.3 is 0 Å². The van der Waals surface area contributed by atoms with E-state index in [1.54, 1.807) is 37.5 Å². The third-order valence-electron chi connectivity index (χ3n) is 5.34. The Balaban J connectivity index is 1.50. The van der Waals surface area contributed by atoms with E-state index in [9.17, 15) is 4.79 Å². The molecule has 0 aliphatic carbocycles. The van der Waals surface area contributed by atoms with Gasteiger partial charge in [0.15, 0.2) is 17.3 Å². The van der Waals surface area contributed by atoms with Crippen molar-refractivity contribution in [3.05, 3.63) is 88.5 Å². The molecule has 0 unspecified atom stereocenters. The van der Waals surface area contributed by atoms with Gasteiger partial charge in [-0.3, -0.25) is 4.79 Å². The Morgan fingerprint density at radius 3 is 2.47 bits per heavy atom. The fraction of sp³-hybridized carbons (Fsp3) is 0.222. The van der Waals surface area contributed by atoms with Crippen molar-refractivity contribution in [1.29, 1.82) is 0 Å². The lowest BCUT2D eigenvalue weighted by Gasteiger charge is -2.18. The highest BCUT2D eigenvalue weighted by Crippen LogP contribution is 2.31. The smallest absolute Gasteiger partial charge is 0.185 e. The van der Waals surface area contributed by atoms with Crippen molar-refractivity contribution in [1.82, 2.24) is 0 Å². The molecule has 0 atom stereocenters. The van der Waals surface area contributed by atoms with E-state index in [0.29, 0.717) is 36.9 Å². The Labute approximate surface area is 188 Å². The van der Waals surface area contributed by atoms with Crippen LogP contribution in [0.4, 0.5) is 0 Å². The first kappa shape index (κ1) is 21.5. The van der Waals surface area contributed by atoms with Crippen molar-refractivity contribution >= 4 is 11.9 Å². The van der Waals surface area contributed by atoms with Crippen LogP contribution in [0, 0.1) is 13.8 Å². The van der Waals surface area contributed by atoms with E-state index in [1.165, 1.54) is 0 Å². The summed E-state index contributed by atoms with van der Waals surface area (Å²) in [5, 5.41) is 0. The molecule has 0 spiro atoms. The lowest BCUT2D eigenvalue weighted by atomic mass is 10.1. The Bertz CT molecular complexity index is 1140. The number of carbonyl (C=O) groups is 1. The van der Waals surface area contributed by atoms with Crippen molar-refractivity contribution < 1.29 is 23.7 Å². The van der Waals surface area contributed by atoms with Gasteiger partial charge in [0.2, 0.25) is 0 Å². The molecule has 0 aromatic heterocycles. The second-order valence-electron chi connectivity index (χ2n) is 7.64. The summed E-state index contributed by atoms with van der Waals surface area (Å²) in [5.74, 6) is 2.79. The van der Waals surface area contributed by atoms with E-state index in [-0.39, 0.29) is 5.78 Å². The summed E-state index contributed by atoms with van der Waals surface area (Å²) in [6.07, 6.45) is 3.35. The lowest BCUT2D eigenvalue weighted by Crippen LogP contribution is -2.15. The highest BCUT2D eigenvalue weighted by atomic mass is 16.6. The Hall–Kier alpha value is -3.73. The topological polar surface area (TPSA) is 54.0 Å². The SMILES string of the molecule is COc1ccc(/C=C/C(=O)c2ccc3c(c2)OCCO3)cc1COc1c(C)cccc1C. The summed E-state index contributed by atoms with van der Waals surface area (Å²) in [7, 11) is 1.64. The van der Waals surface area contributed by atoms with Gasteiger partial charge in [-0.05, 0) is 66.9 Å². The zero-order valence-corrected chi connectivity index (χ0v) is 18.5. The summed E-state index contributed by atoms with van der Waals surface area (Å²) < 4.78 is 22.7. The zero-order valence-electron chi connectivity index (χ0n) is 18.5. The predicted octanol–water partition coefficient (Wildman–Crippen LogP) is 5.56. The van der Waals surface area contributed by atoms with Crippen LogP contribution in [0.15, 0.2) is 60.7 Å². The molecule has 0 radical (unpaired) electrons. The monoisotopic (exact) mass is 430 g/mol. The Morgan fingerprint density at radius 2 is 1.72 bits per heavy atom. The Kier molecular flexibility index (Phi) is 6.45. The van der Waals surface area contributed by atoms with Crippen LogP contribution < -0.4 is 18.9 Å². The first-order valence-electron chi connectivity index (χ1n) is 10.5. The highest BCUT2D eigenvalue weighted by Gasteiger charge is 2.14. The van der Waals surface area contributed by atoms with Crippen molar-refractivity contribution in [2.75, 3.05) is 20.3 Å². The summed E-state index contributed by atoms with van der Waals surface area (Å²) in [6.45, 7) is 5.43. The van der Waals surface area contributed by atoms with Crippen LogP contribution >= 0.6 is 0 Å². The van der Waals surface area contributed by atoms with Gasteiger partial charge in [-0.25, -0.2) is 0 Å². The third kappa shape index (κ3) is 4.78. The molecule has 0 N–H and O–H groups in total. The summed E-state index contributed by atoms with van der Waals surface area (Å²) in [5.41, 5.74) is 4.52. The maximum absolute atomic E-state index is 12.7. The molecule has 3 aromatic rings. The predicted molar refractivity (Wildman–Crippen MR) is 124 cm³/mol. The molecular formula is C27H26O5. The van der Waals surface area contributed by atoms with Crippen LogP contribution in [0.1, 0.15) is 32.6 Å². The molecule has 0 bridgehead atoms. The number of para-hydroxylation sites is 1. The number of carbonyl (C=O) groups excluding carboxylic acids is 1. The molecule has 1 aliphatic rings. The maximum atomic E-state index is 12.7. The third-order valence-corrected chi connectivity index (χ3v) is 5.34. The average molecular weight is 431 g/mol. The second kappa shape index (κ2) is 9.60. The van der Waals surface area contributed by atoms with E-state index in [0.717, 1.165) is 33.8 Å². The number of ketones is 1. The summed E-state index contributed by atoms with van der Waals surface area (Å²) >= 11 is 0. The van der Waals surface area contributed by atoms with Crippen molar-refractivity contribution in [2.45, 2.75) is 20.5 Å². The van der Waals surface area contributed by atoms with Gasteiger partial charge in [-0.1, -0.05) is 30.3 Å². The quantitative estimate of drug-likeness (QED) is 0.363. The van der Waals surface area contributed by atoms with E-state index >= 15 is 0 Å². The number of aryl methyl sites for hydroxylation is 2. The highest BCUT2D eigenvalue weighted by molar-refractivity contribution is 6.07. The van der Waals surface area contributed by atoms with Gasteiger partial charge in [0.05, 0.1) is 7.11 Å². The number of allylic oxidation sites excluding steroid dienone is 1. The van der Waals surface area contributed by atoms with Crippen molar-refractivity contribution in [3.8, 4) is 23.0 Å². The van der Waals surface area contributed by atoms with E-state index in [2.05, 4.69) is 0 Å². The first-order valence-corrected chi connectivity index (χ1v) is 10.5. The van der Waals surface area contributed by atoms with Crippen LogP contribution in [-0.4, -0.2) is 26.1 Å². The number of methoxy groups -OCH3 is 1. The normalized spacial score (nSPS) is 12.6. The van der Waals surface area contributed by atoms with E-state index < -0.39 is 0 Å². The van der Waals surface area contributed by atoms with E-state index in [4.69, 9.17) is 18.9 Å². The first-order chi connectivity index (χ1) is 15.5. The van der Waals surface area contributed by atoms with Crippen LogP contribution in [-0.2, 0) is 6.61 Å². The number of ether oxygens (including phenoxy) is 4. The molecule has 0 fully saturated rings.